The maximum Gasteiger partial charge on any atom is 0.143 e. The van der Waals surface area contributed by atoms with Gasteiger partial charge in [0.05, 0.1) is 5.39 Å². The lowest BCUT2D eigenvalue weighted by molar-refractivity contribution is 0.271. The van der Waals surface area contributed by atoms with Gasteiger partial charge in [-0.15, -0.1) is 0 Å². The first-order valence-corrected chi connectivity index (χ1v) is 8.69. The summed E-state index contributed by atoms with van der Waals surface area (Å²) in [6, 6.07) is 7.91. The van der Waals surface area contributed by atoms with E-state index in [2.05, 4.69) is 37.7 Å². The summed E-state index contributed by atoms with van der Waals surface area (Å²) in [6.45, 7) is 7.42. The second-order valence-corrected chi connectivity index (χ2v) is 6.49. The minimum absolute atomic E-state index is 0.733. The van der Waals surface area contributed by atoms with Crippen LogP contribution in [0.5, 0.6) is 0 Å². The van der Waals surface area contributed by atoms with Crippen molar-refractivity contribution in [1.29, 1.82) is 0 Å². The fraction of sp³-hybridized carbons (Fsp3) is 0.333. The monoisotopic (exact) mass is 341 g/mol. The zero-order valence-corrected chi connectivity index (χ0v) is 14.4. The molecule has 0 saturated carbocycles. The Balaban J connectivity index is 1.78. The summed E-state index contributed by atoms with van der Waals surface area (Å²) in [5.74, 6) is 1.01. The third-order valence-electron chi connectivity index (χ3n) is 4.70. The molecular weight excluding hydrogens is 322 g/mol. The number of anilines is 1. The first-order valence-electron chi connectivity index (χ1n) is 8.31. The molecule has 24 heavy (non-hydrogen) atoms. The van der Waals surface area contributed by atoms with E-state index in [-0.39, 0.29) is 0 Å². The fourth-order valence-corrected chi connectivity index (χ4v) is 3.54. The highest BCUT2D eigenvalue weighted by Gasteiger charge is 2.21. The van der Waals surface area contributed by atoms with Crippen LogP contribution in [-0.4, -0.2) is 52.6 Å². The van der Waals surface area contributed by atoms with Gasteiger partial charge in [0.25, 0.3) is 0 Å². The second kappa shape index (κ2) is 6.42. The van der Waals surface area contributed by atoms with Crippen LogP contribution in [0.4, 0.5) is 5.82 Å². The van der Waals surface area contributed by atoms with Crippen molar-refractivity contribution in [2.45, 2.75) is 6.92 Å². The van der Waals surface area contributed by atoms with Crippen LogP contribution in [0, 0.1) is 0 Å². The normalized spacial score (nSPS) is 16.0. The molecule has 1 N–H and O–H groups in total. The molecule has 5 nitrogen and oxygen atoms in total. The number of H-pyrrole nitrogens is 1. The molecule has 3 heterocycles. The molecule has 0 bridgehead atoms. The Morgan fingerprint density at radius 1 is 1.17 bits per heavy atom. The summed E-state index contributed by atoms with van der Waals surface area (Å²) < 4.78 is 0. The van der Waals surface area contributed by atoms with Crippen molar-refractivity contribution in [1.82, 2.24) is 19.9 Å². The van der Waals surface area contributed by atoms with E-state index < -0.39 is 0 Å². The number of likely N-dealkylation sites (N-methyl/N-ethyl adjacent to an activating group) is 1. The van der Waals surface area contributed by atoms with Gasteiger partial charge in [-0.2, -0.15) is 0 Å². The minimum atomic E-state index is 0.733. The van der Waals surface area contributed by atoms with Gasteiger partial charge in [-0.05, 0) is 24.2 Å². The van der Waals surface area contributed by atoms with Gasteiger partial charge in [0, 0.05) is 43.0 Å². The highest BCUT2D eigenvalue weighted by atomic mass is 35.5. The lowest BCUT2D eigenvalue weighted by Crippen LogP contribution is -2.46. The largest absolute Gasteiger partial charge is 0.353 e. The van der Waals surface area contributed by atoms with E-state index in [1.54, 1.807) is 6.33 Å². The molecule has 6 heteroatoms. The smallest absolute Gasteiger partial charge is 0.143 e. The Morgan fingerprint density at radius 3 is 2.75 bits per heavy atom. The molecule has 0 unspecified atom stereocenters. The zero-order valence-electron chi connectivity index (χ0n) is 13.7. The third-order valence-corrected chi connectivity index (χ3v) is 4.94. The number of fused-ring (bicyclic) bond motifs is 1. The number of halogens is 1. The van der Waals surface area contributed by atoms with E-state index in [0.29, 0.717) is 0 Å². The quantitative estimate of drug-likeness (QED) is 0.793. The van der Waals surface area contributed by atoms with E-state index >= 15 is 0 Å². The molecule has 0 aliphatic carbocycles. The van der Waals surface area contributed by atoms with Crippen LogP contribution in [0.15, 0.2) is 36.8 Å². The third kappa shape index (κ3) is 2.74. The molecule has 1 aliphatic heterocycles. The summed E-state index contributed by atoms with van der Waals surface area (Å²) in [5, 5.41) is 1.81. The lowest BCUT2D eigenvalue weighted by atomic mass is 10.1. The zero-order chi connectivity index (χ0) is 16.5. The van der Waals surface area contributed by atoms with E-state index in [9.17, 15) is 0 Å². The summed E-state index contributed by atoms with van der Waals surface area (Å²) in [5.41, 5.74) is 3.05. The first-order chi connectivity index (χ1) is 11.8. The molecule has 124 valence electrons. The van der Waals surface area contributed by atoms with Crippen molar-refractivity contribution < 1.29 is 0 Å². The van der Waals surface area contributed by atoms with Gasteiger partial charge in [0.15, 0.2) is 0 Å². The Bertz CT molecular complexity index is 851. The molecule has 1 saturated heterocycles. The van der Waals surface area contributed by atoms with Crippen LogP contribution in [-0.2, 0) is 0 Å². The number of hydrogen-bond acceptors (Lipinski definition) is 4. The molecule has 0 spiro atoms. The van der Waals surface area contributed by atoms with Gasteiger partial charge < -0.3 is 14.8 Å². The maximum atomic E-state index is 6.18. The van der Waals surface area contributed by atoms with Crippen LogP contribution < -0.4 is 4.90 Å². The number of nitrogens with zero attached hydrogens (tertiary/aromatic N) is 4. The molecule has 0 atom stereocenters. The SMILES string of the molecule is CCN1CCN(c2ncnc3[nH]cc(-c4cccc(Cl)c4)c23)CC1. The van der Waals surface area contributed by atoms with Crippen LogP contribution in [0.2, 0.25) is 5.02 Å². The molecule has 1 aromatic carbocycles. The molecule has 4 rings (SSSR count). The standard InChI is InChI=1S/C18H20ClN5/c1-2-23-6-8-24(9-7-23)18-16-15(11-20-17(16)21-12-22-18)13-4-3-5-14(19)10-13/h3-5,10-12H,2,6-9H2,1H3,(H,20,21,22). The van der Waals surface area contributed by atoms with Gasteiger partial charge in [0.2, 0.25) is 0 Å². The number of nitrogens with one attached hydrogen (secondary N) is 1. The molecule has 1 aliphatic rings. The van der Waals surface area contributed by atoms with Crippen molar-refractivity contribution in [2.24, 2.45) is 0 Å². The number of benzene rings is 1. The van der Waals surface area contributed by atoms with E-state index in [0.717, 1.165) is 65.7 Å². The Kier molecular flexibility index (Phi) is 4.12. The van der Waals surface area contributed by atoms with Crippen molar-refractivity contribution in [3.05, 3.63) is 41.8 Å². The van der Waals surface area contributed by atoms with Crippen molar-refractivity contribution in [2.75, 3.05) is 37.6 Å². The number of aromatic amines is 1. The second-order valence-electron chi connectivity index (χ2n) is 6.05. The molecule has 3 aromatic rings. The van der Waals surface area contributed by atoms with Crippen LogP contribution >= 0.6 is 11.6 Å². The van der Waals surface area contributed by atoms with Gasteiger partial charge in [-0.3, -0.25) is 0 Å². The summed E-state index contributed by atoms with van der Waals surface area (Å²) in [4.78, 5) is 17.1. The van der Waals surface area contributed by atoms with Gasteiger partial charge in [-0.25, -0.2) is 9.97 Å². The fourth-order valence-electron chi connectivity index (χ4n) is 3.35. The summed E-state index contributed by atoms with van der Waals surface area (Å²) in [6.07, 6.45) is 3.64. The van der Waals surface area contributed by atoms with E-state index in [4.69, 9.17) is 11.6 Å². The highest BCUT2D eigenvalue weighted by Crippen LogP contribution is 2.34. The molecule has 0 amide bonds. The van der Waals surface area contributed by atoms with Crippen molar-refractivity contribution >= 4 is 28.5 Å². The van der Waals surface area contributed by atoms with Crippen molar-refractivity contribution in [3.8, 4) is 11.1 Å². The Morgan fingerprint density at radius 2 is 2.00 bits per heavy atom. The van der Waals surface area contributed by atoms with Crippen LogP contribution in [0.1, 0.15) is 6.92 Å². The average Bonchev–Trinajstić information content (AvgIpc) is 3.06. The molecule has 2 aromatic heterocycles. The maximum absolute atomic E-state index is 6.18. The Hall–Kier alpha value is -2.11. The summed E-state index contributed by atoms with van der Waals surface area (Å²) >= 11 is 6.18. The van der Waals surface area contributed by atoms with Crippen LogP contribution in [0.25, 0.3) is 22.2 Å². The van der Waals surface area contributed by atoms with Gasteiger partial charge in [0.1, 0.15) is 17.8 Å². The molecular formula is C18H20ClN5. The predicted molar refractivity (Wildman–Crippen MR) is 98.7 cm³/mol. The number of aromatic nitrogens is 3. The number of rotatable bonds is 3. The van der Waals surface area contributed by atoms with Gasteiger partial charge in [-0.1, -0.05) is 30.7 Å². The molecule has 0 radical (unpaired) electrons. The first kappa shape index (κ1) is 15.4. The van der Waals surface area contributed by atoms with E-state index in [1.165, 1.54) is 0 Å². The topological polar surface area (TPSA) is 48.1 Å². The average molecular weight is 342 g/mol. The van der Waals surface area contributed by atoms with Gasteiger partial charge >= 0.3 is 0 Å². The predicted octanol–water partition coefficient (Wildman–Crippen LogP) is 3.42. The lowest BCUT2D eigenvalue weighted by Gasteiger charge is -2.35. The molecule has 1 fully saturated rings. The number of hydrogen-bond donors (Lipinski definition) is 1. The minimum Gasteiger partial charge on any atom is -0.353 e. The summed E-state index contributed by atoms with van der Waals surface area (Å²) in [7, 11) is 0. The van der Waals surface area contributed by atoms with Crippen molar-refractivity contribution in [3.63, 3.8) is 0 Å². The van der Waals surface area contributed by atoms with E-state index in [1.807, 2.05) is 24.4 Å². The highest BCUT2D eigenvalue weighted by molar-refractivity contribution is 6.31. The Labute approximate surface area is 146 Å². The van der Waals surface area contributed by atoms with Crippen LogP contribution in [0.3, 0.4) is 0 Å². The number of piperazine rings is 1.